The summed E-state index contributed by atoms with van der Waals surface area (Å²) < 4.78 is 7.45. The first-order valence-corrected chi connectivity index (χ1v) is 9.55. The molecule has 150 valence electrons. The zero-order valence-corrected chi connectivity index (χ0v) is 15.6. The van der Waals surface area contributed by atoms with Crippen LogP contribution in [0.2, 0.25) is 0 Å². The largest absolute Gasteiger partial charge is 0.387 e. The number of anilines is 2. The lowest BCUT2D eigenvalue weighted by molar-refractivity contribution is -0.0289. The number of H-pyrrole nitrogens is 1. The molecule has 1 aliphatic heterocycles. The molecular formula is C15H16N10O3S. The second-order valence-electron chi connectivity index (χ2n) is 6.43. The number of fused-ring (bicyclic) bond motifs is 2. The van der Waals surface area contributed by atoms with Crippen molar-refractivity contribution in [3.63, 3.8) is 0 Å². The number of aromatic amines is 1. The lowest BCUT2D eigenvalue weighted by Gasteiger charge is -2.16. The summed E-state index contributed by atoms with van der Waals surface area (Å²) in [6.07, 6.45) is 0.392. The van der Waals surface area contributed by atoms with Crippen LogP contribution in [0.15, 0.2) is 24.0 Å². The Kier molecular flexibility index (Phi) is 4.20. The van der Waals surface area contributed by atoms with E-state index in [9.17, 15) is 10.2 Å². The van der Waals surface area contributed by atoms with E-state index in [0.29, 0.717) is 33.1 Å². The number of imidazole rings is 2. The van der Waals surface area contributed by atoms with E-state index in [4.69, 9.17) is 16.2 Å². The van der Waals surface area contributed by atoms with Crippen molar-refractivity contribution in [3.05, 3.63) is 19.0 Å². The Labute approximate surface area is 166 Å². The molecule has 5 heterocycles. The van der Waals surface area contributed by atoms with Gasteiger partial charge in [-0.3, -0.25) is 4.57 Å². The number of rotatable bonds is 4. The first-order valence-electron chi connectivity index (χ1n) is 8.57. The highest BCUT2D eigenvalue weighted by atomic mass is 32.2. The van der Waals surface area contributed by atoms with Gasteiger partial charge in [-0.05, 0) is 0 Å². The molecule has 5 rings (SSSR count). The highest BCUT2D eigenvalue weighted by Crippen LogP contribution is 2.35. The number of hydrogen-bond acceptors (Lipinski definition) is 12. The third-order valence-electron chi connectivity index (χ3n) is 4.65. The van der Waals surface area contributed by atoms with Crippen molar-refractivity contribution in [3.8, 4) is 0 Å². The monoisotopic (exact) mass is 416 g/mol. The van der Waals surface area contributed by atoms with Crippen LogP contribution in [0.3, 0.4) is 0 Å². The van der Waals surface area contributed by atoms with Crippen LogP contribution in [0.4, 0.5) is 11.8 Å². The normalized spacial score (nSPS) is 24.6. The topological polar surface area (TPSA) is 200 Å². The van der Waals surface area contributed by atoms with Crippen molar-refractivity contribution in [1.29, 1.82) is 0 Å². The fourth-order valence-corrected chi connectivity index (χ4v) is 4.29. The summed E-state index contributed by atoms with van der Waals surface area (Å²) in [6.45, 7) is 0. The molecule has 0 spiro atoms. The van der Waals surface area contributed by atoms with Crippen LogP contribution in [-0.4, -0.2) is 73.7 Å². The molecule has 4 aromatic rings. The predicted molar refractivity (Wildman–Crippen MR) is 102 cm³/mol. The summed E-state index contributed by atoms with van der Waals surface area (Å²) in [6, 6.07) is 0. The molecule has 29 heavy (non-hydrogen) atoms. The molecule has 0 bridgehead atoms. The Morgan fingerprint density at radius 3 is 2.86 bits per heavy atom. The lowest BCUT2D eigenvalue weighted by Crippen LogP contribution is -2.32. The van der Waals surface area contributed by atoms with Gasteiger partial charge in [-0.2, -0.15) is 4.98 Å². The van der Waals surface area contributed by atoms with E-state index in [1.807, 2.05) is 0 Å². The summed E-state index contributed by atoms with van der Waals surface area (Å²) in [4.78, 5) is 27.5. The summed E-state index contributed by atoms with van der Waals surface area (Å²) in [5, 5.41) is 21.6. The van der Waals surface area contributed by atoms with E-state index in [-0.39, 0.29) is 11.8 Å². The Morgan fingerprint density at radius 2 is 2.00 bits per heavy atom. The first kappa shape index (κ1) is 18.0. The van der Waals surface area contributed by atoms with Gasteiger partial charge >= 0.3 is 0 Å². The summed E-state index contributed by atoms with van der Waals surface area (Å²) in [5.41, 5.74) is 13.4. The number of nitrogen functional groups attached to an aromatic ring is 2. The molecule has 7 N–H and O–H groups in total. The Hall–Kier alpha value is -3.07. The fraction of sp³-hybridized carbons (Fsp3) is 0.333. The van der Waals surface area contributed by atoms with E-state index < -0.39 is 24.5 Å². The van der Waals surface area contributed by atoms with Crippen molar-refractivity contribution < 1.29 is 14.9 Å². The third-order valence-corrected chi connectivity index (χ3v) is 5.72. The maximum Gasteiger partial charge on any atom is 0.223 e. The van der Waals surface area contributed by atoms with Gasteiger partial charge in [0.15, 0.2) is 23.3 Å². The van der Waals surface area contributed by atoms with Gasteiger partial charge in [0.25, 0.3) is 0 Å². The molecule has 0 aliphatic carbocycles. The number of hydrogen-bond donors (Lipinski definition) is 5. The number of aromatic nitrogens is 8. The van der Waals surface area contributed by atoms with Crippen molar-refractivity contribution in [1.82, 2.24) is 39.5 Å². The SMILES string of the molecule is Nc1nc(SC[C@H]2O[C@@H](n3cnc4c(N)ncnc43)[C@H](O)[C@@H]2O)c2[nH]cnc2n1. The van der Waals surface area contributed by atoms with Crippen LogP contribution in [-0.2, 0) is 4.74 Å². The molecular weight excluding hydrogens is 400 g/mol. The molecule has 0 aromatic carbocycles. The molecule has 0 unspecified atom stereocenters. The zero-order chi connectivity index (χ0) is 20.1. The van der Waals surface area contributed by atoms with Crippen molar-refractivity contribution in [2.24, 2.45) is 0 Å². The molecule has 1 fully saturated rings. The average molecular weight is 416 g/mol. The molecule has 4 aromatic heterocycles. The second-order valence-corrected chi connectivity index (χ2v) is 7.44. The molecule has 0 saturated carbocycles. The molecule has 13 nitrogen and oxygen atoms in total. The van der Waals surface area contributed by atoms with E-state index in [0.717, 1.165) is 0 Å². The number of ether oxygens (including phenoxy) is 1. The van der Waals surface area contributed by atoms with Gasteiger partial charge in [-0.1, -0.05) is 0 Å². The first-order chi connectivity index (χ1) is 14.0. The van der Waals surface area contributed by atoms with Crippen LogP contribution in [0.1, 0.15) is 6.23 Å². The smallest absolute Gasteiger partial charge is 0.223 e. The van der Waals surface area contributed by atoms with Crippen molar-refractivity contribution in [2.45, 2.75) is 29.6 Å². The minimum atomic E-state index is -1.18. The van der Waals surface area contributed by atoms with Crippen molar-refractivity contribution in [2.75, 3.05) is 17.2 Å². The quantitative estimate of drug-likeness (QED) is 0.202. The van der Waals surface area contributed by atoms with E-state index in [1.54, 1.807) is 0 Å². The number of aliphatic hydroxyl groups is 2. The summed E-state index contributed by atoms with van der Waals surface area (Å²) in [5.74, 6) is 0.627. The fourth-order valence-electron chi connectivity index (χ4n) is 3.24. The van der Waals surface area contributed by atoms with Crippen molar-refractivity contribution >= 4 is 45.9 Å². The standard InChI is InChI=1S/C15H16N10O3S/c16-10-6-12(21-3-19-10)25(4-22-6)14-9(27)8(26)5(28-14)1-29-13-7-11(20-2-18-7)23-15(17)24-13/h2-5,8-9,14,26-27H,1H2,(H2,16,19,21)(H3,17,18,20,23,24)/t5-,8-,9-,14-/m1/s1. The highest BCUT2D eigenvalue weighted by molar-refractivity contribution is 7.99. The number of thioether (sulfide) groups is 1. The minimum Gasteiger partial charge on any atom is -0.387 e. The van der Waals surface area contributed by atoms with Crippen LogP contribution < -0.4 is 11.5 Å². The van der Waals surface area contributed by atoms with Gasteiger partial charge in [-0.25, -0.2) is 24.9 Å². The average Bonchev–Trinajstić information content (AvgIpc) is 3.40. The van der Waals surface area contributed by atoms with Gasteiger partial charge < -0.3 is 31.4 Å². The van der Waals surface area contributed by atoms with Gasteiger partial charge in [0, 0.05) is 5.75 Å². The highest BCUT2D eigenvalue weighted by Gasteiger charge is 2.44. The third kappa shape index (κ3) is 2.93. The maximum atomic E-state index is 10.5. The molecule has 4 atom stereocenters. The number of aliphatic hydroxyl groups excluding tert-OH is 2. The van der Waals surface area contributed by atoms with Crippen LogP contribution in [0.5, 0.6) is 0 Å². The summed E-state index contributed by atoms with van der Waals surface area (Å²) in [7, 11) is 0. The van der Waals surface area contributed by atoms with Crippen LogP contribution >= 0.6 is 11.8 Å². The lowest BCUT2D eigenvalue weighted by atomic mass is 10.1. The minimum absolute atomic E-state index is 0.0973. The molecule has 1 saturated heterocycles. The van der Waals surface area contributed by atoms with Gasteiger partial charge in [0.1, 0.15) is 34.6 Å². The Morgan fingerprint density at radius 1 is 1.14 bits per heavy atom. The zero-order valence-electron chi connectivity index (χ0n) is 14.7. The van der Waals surface area contributed by atoms with E-state index in [2.05, 4.69) is 34.9 Å². The predicted octanol–water partition coefficient (Wildman–Crippen LogP) is -0.932. The van der Waals surface area contributed by atoms with Crippen LogP contribution in [0, 0.1) is 0 Å². The Bertz CT molecular complexity index is 1200. The van der Waals surface area contributed by atoms with Gasteiger partial charge in [-0.15, -0.1) is 11.8 Å². The molecule has 0 amide bonds. The number of nitrogens with one attached hydrogen (secondary N) is 1. The van der Waals surface area contributed by atoms with E-state index in [1.165, 1.54) is 35.3 Å². The summed E-state index contributed by atoms with van der Waals surface area (Å²) >= 11 is 1.31. The maximum absolute atomic E-state index is 10.5. The van der Waals surface area contributed by atoms with Gasteiger partial charge in [0.05, 0.1) is 18.8 Å². The molecule has 0 radical (unpaired) electrons. The Balaban J connectivity index is 1.38. The van der Waals surface area contributed by atoms with Crippen LogP contribution in [0.25, 0.3) is 22.3 Å². The number of nitrogens with two attached hydrogens (primary N) is 2. The number of nitrogens with zero attached hydrogens (tertiary/aromatic N) is 7. The van der Waals surface area contributed by atoms with E-state index >= 15 is 0 Å². The second kappa shape index (κ2) is 6.77. The molecule has 1 aliphatic rings. The molecule has 14 heteroatoms. The van der Waals surface area contributed by atoms with Gasteiger partial charge in [0.2, 0.25) is 5.95 Å².